The van der Waals surface area contributed by atoms with Crippen LogP contribution in [0.1, 0.15) is 11.1 Å². The van der Waals surface area contributed by atoms with Crippen LogP contribution >= 0.6 is 0 Å². The molecule has 1 spiro atoms. The van der Waals surface area contributed by atoms with Crippen molar-refractivity contribution < 1.29 is 22.6 Å². The molecule has 1 fully saturated rings. The molecule has 2 aromatic heterocycles. The van der Waals surface area contributed by atoms with Gasteiger partial charge in [0.25, 0.3) is 0 Å². The first-order chi connectivity index (χ1) is 16.9. The van der Waals surface area contributed by atoms with Gasteiger partial charge < -0.3 is 20.5 Å². The van der Waals surface area contributed by atoms with Gasteiger partial charge in [0.15, 0.2) is 11.6 Å². The van der Waals surface area contributed by atoms with E-state index in [0.717, 1.165) is 0 Å². The molecule has 2 unspecified atom stereocenters. The fraction of sp³-hybridized carbons (Fsp3) is 0.154. The second-order valence-electron chi connectivity index (χ2n) is 8.47. The molecule has 4 aromatic rings. The van der Waals surface area contributed by atoms with Crippen LogP contribution in [0.3, 0.4) is 0 Å². The summed E-state index contributed by atoms with van der Waals surface area (Å²) in [6, 6.07) is 14.1. The van der Waals surface area contributed by atoms with Crippen LogP contribution in [-0.4, -0.2) is 29.3 Å². The van der Waals surface area contributed by atoms with Gasteiger partial charge in [-0.15, -0.1) is 0 Å². The molecule has 3 N–H and O–H groups in total. The van der Waals surface area contributed by atoms with Gasteiger partial charge in [0.1, 0.15) is 17.6 Å². The molecule has 2 aromatic carbocycles. The van der Waals surface area contributed by atoms with E-state index in [2.05, 4.69) is 15.3 Å². The smallest absolute Gasteiger partial charge is 0.220 e. The second-order valence-corrected chi connectivity index (χ2v) is 8.47. The standard InChI is InChI=1S/C26H19F3N4O2/c27-20-10-16(14-5-7-32-22(28)11-14)9-19-24(20)34-21-4-3-15(17-2-1-6-33-25(17)29)8-18(21)26(19)13-31-12-23(30)35-26/h1-11,23,31H,12-13,30H2. The van der Waals surface area contributed by atoms with Crippen molar-refractivity contribution in [1.29, 1.82) is 0 Å². The van der Waals surface area contributed by atoms with Crippen molar-refractivity contribution in [3.05, 3.63) is 95.8 Å². The van der Waals surface area contributed by atoms with Gasteiger partial charge in [0, 0.05) is 48.2 Å². The van der Waals surface area contributed by atoms with Gasteiger partial charge in [0.2, 0.25) is 11.9 Å². The Labute approximate surface area is 198 Å². The number of pyridine rings is 2. The lowest BCUT2D eigenvalue weighted by Gasteiger charge is -2.45. The third-order valence-corrected chi connectivity index (χ3v) is 6.31. The molecule has 0 radical (unpaired) electrons. The topological polar surface area (TPSA) is 82.3 Å². The van der Waals surface area contributed by atoms with Crippen LogP contribution in [0, 0.1) is 17.7 Å². The summed E-state index contributed by atoms with van der Waals surface area (Å²) in [4.78, 5) is 7.31. The molecule has 4 heterocycles. The van der Waals surface area contributed by atoms with Crippen molar-refractivity contribution in [1.82, 2.24) is 15.3 Å². The Balaban J connectivity index is 1.58. The maximum absolute atomic E-state index is 15.4. The minimum Gasteiger partial charge on any atom is -0.453 e. The number of benzene rings is 2. The first-order valence-electron chi connectivity index (χ1n) is 11.0. The Morgan fingerprint density at radius 1 is 0.914 bits per heavy atom. The number of rotatable bonds is 2. The Bertz CT molecular complexity index is 1460. The Kier molecular flexibility index (Phi) is 5.06. The van der Waals surface area contributed by atoms with Gasteiger partial charge in [-0.2, -0.15) is 8.78 Å². The van der Waals surface area contributed by atoms with E-state index in [-0.39, 0.29) is 12.3 Å². The average molecular weight is 476 g/mol. The Morgan fingerprint density at radius 2 is 1.77 bits per heavy atom. The summed E-state index contributed by atoms with van der Waals surface area (Å²) in [6.07, 6.45) is 1.98. The van der Waals surface area contributed by atoms with Crippen LogP contribution in [0.4, 0.5) is 13.2 Å². The highest BCUT2D eigenvalue weighted by Crippen LogP contribution is 2.52. The first-order valence-corrected chi connectivity index (χ1v) is 11.0. The third-order valence-electron chi connectivity index (χ3n) is 6.31. The SMILES string of the molecule is NC1CNCC2(O1)c1cc(-c3cccnc3F)ccc1Oc1c(F)cc(-c3ccnc(F)c3)cc12. The van der Waals surface area contributed by atoms with Gasteiger partial charge in [0.05, 0.1) is 0 Å². The molecule has 0 saturated carbocycles. The van der Waals surface area contributed by atoms with Crippen molar-refractivity contribution >= 4 is 0 Å². The number of nitrogens with zero attached hydrogens (tertiary/aromatic N) is 2. The number of hydrogen-bond acceptors (Lipinski definition) is 6. The van der Waals surface area contributed by atoms with Crippen molar-refractivity contribution in [3.63, 3.8) is 0 Å². The van der Waals surface area contributed by atoms with E-state index >= 15 is 4.39 Å². The number of hydrogen-bond donors (Lipinski definition) is 2. The summed E-state index contributed by atoms with van der Waals surface area (Å²) in [6.45, 7) is 0.651. The highest BCUT2D eigenvalue weighted by molar-refractivity contribution is 5.72. The van der Waals surface area contributed by atoms with Crippen LogP contribution in [-0.2, 0) is 10.3 Å². The first kappa shape index (κ1) is 21.7. The highest BCUT2D eigenvalue weighted by atomic mass is 19.1. The zero-order valence-corrected chi connectivity index (χ0v) is 18.3. The van der Waals surface area contributed by atoms with Gasteiger partial charge in [-0.05, 0) is 59.2 Å². The molecule has 35 heavy (non-hydrogen) atoms. The van der Waals surface area contributed by atoms with Crippen LogP contribution in [0.5, 0.6) is 11.5 Å². The highest BCUT2D eigenvalue weighted by Gasteiger charge is 2.48. The van der Waals surface area contributed by atoms with Crippen LogP contribution in [0.2, 0.25) is 0 Å². The number of fused-ring (bicyclic) bond motifs is 4. The van der Waals surface area contributed by atoms with Gasteiger partial charge >= 0.3 is 0 Å². The molecule has 1 saturated heterocycles. The molecular weight excluding hydrogens is 457 g/mol. The average Bonchev–Trinajstić information content (AvgIpc) is 2.85. The molecule has 0 amide bonds. The maximum atomic E-state index is 15.4. The fourth-order valence-electron chi connectivity index (χ4n) is 4.75. The molecule has 2 aliphatic rings. The van der Waals surface area contributed by atoms with E-state index in [4.69, 9.17) is 15.2 Å². The summed E-state index contributed by atoms with van der Waals surface area (Å²) < 4.78 is 56.1. The summed E-state index contributed by atoms with van der Waals surface area (Å²) >= 11 is 0. The lowest BCUT2D eigenvalue weighted by molar-refractivity contribution is -0.0972. The van der Waals surface area contributed by atoms with E-state index in [1.165, 1.54) is 24.5 Å². The Hall–Kier alpha value is -3.79. The van der Waals surface area contributed by atoms with Crippen molar-refractivity contribution in [2.45, 2.75) is 11.8 Å². The van der Waals surface area contributed by atoms with Crippen LogP contribution < -0.4 is 15.8 Å². The molecule has 0 aliphatic carbocycles. The number of aromatic nitrogens is 2. The maximum Gasteiger partial charge on any atom is 0.220 e. The fourth-order valence-corrected chi connectivity index (χ4v) is 4.75. The van der Waals surface area contributed by atoms with E-state index in [0.29, 0.717) is 45.7 Å². The van der Waals surface area contributed by atoms with E-state index in [9.17, 15) is 8.78 Å². The van der Waals surface area contributed by atoms with Crippen LogP contribution in [0.15, 0.2) is 67.0 Å². The zero-order chi connectivity index (χ0) is 24.2. The summed E-state index contributed by atoms with van der Waals surface area (Å²) in [5.74, 6) is -1.58. The second kappa shape index (κ2) is 8.16. The molecule has 6 rings (SSSR count). The quantitative estimate of drug-likeness (QED) is 0.415. The summed E-state index contributed by atoms with van der Waals surface area (Å²) in [7, 11) is 0. The van der Waals surface area contributed by atoms with E-state index < -0.39 is 29.5 Å². The molecule has 2 atom stereocenters. The molecule has 9 heteroatoms. The number of ether oxygens (including phenoxy) is 2. The minimum atomic E-state index is -1.24. The predicted octanol–water partition coefficient (Wildman–Crippen LogP) is 4.48. The molecule has 2 aliphatic heterocycles. The van der Waals surface area contributed by atoms with Gasteiger partial charge in [-0.25, -0.2) is 14.4 Å². The lowest BCUT2D eigenvalue weighted by Crippen LogP contribution is -2.56. The van der Waals surface area contributed by atoms with E-state index in [1.807, 2.05) is 0 Å². The lowest BCUT2D eigenvalue weighted by atomic mass is 9.80. The van der Waals surface area contributed by atoms with Gasteiger partial charge in [-0.3, -0.25) is 0 Å². The molecular formula is C26H19F3N4O2. The molecule has 176 valence electrons. The monoisotopic (exact) mass is 476 g/mol. The molecule has 6 nitrogen and oxygen atoms in total. The number of nitrogens with one attached hydrogen (secondary N) is 1. The number of halogens is 3. The van der Waals surface area contributed by atoms with Crippen molar-refractivity contribution in [2.75, 3.05) is 13.1 Å². The Morgan fingerprint density at radius 3 is 2.57 bits per heavy atom. The predicted molar refractivity (Wildman–Crippen MR) is 122 cm³/mol. The zero-order valence-electron chi connectivity index (χ0n) is 18.3. The third kappa shape index (κ3) is 3.56. The summed E-state index contributed by atoms with van der Waals surface area (Å²) in [5.41, 5.74) is 7.62. The minimum absolute atomic E-state index is 0.00742. The normalized spacial score (nSPS) is 20.7. The van der Waals surface area contributed by atoms with Crippen molar-refractivity contribution in [2.24, 2.45) is 5.73 Å². The van der Waals surface area contributed by atoms with E-state index in [1.54, 1.807) is 42.5 Å². The number of morpholine rings is 1. The number of nitrogens with two attached hydrogens (primary N) is 1. The summed E-state index contributed by atoms with van der Waals surface area (Å²) in [5, 5.41) is 3.25. The molecule has 0 bridgehead atoms. The van der Waals surface area contributed by atoms with Gasteiger partial charge in [-0.1, -0.05) is 6.07 Å². The van der Waals surface area contributed by atoms with Crippen molar-refractivity contribution in [3.8, 4) is 33.8 Å². The van der Waals surface area contributed by atoms with Crippen LogP contribution in [0.25, 0.3) is 22.3 Å². The largest absolute Gasteiger partial charge is 0.453 e.